The van der Waals surface area contributed by atoms with Gasteiger partial charge in [0.05, 0.1) is 5.25 Å². The van der Waals surface area contributed by atoms with E-state index < -0.39 is 10.0 Å². The molecule has 0 aromatic carbocycles. The Labute approximate surface area is 109 Å². The maximum atomic E-state index is 12.4. The summed E-state index contributed by atoms with van der Waals surface area (Å²) < 4.78 is 26.4. The van der Waals surface area contributed by atoms with Crippen molar-refractivity contribution in [1.82, 2.24) is 4.31 Å². The Morgan fingerprint density at radius 3 is 2.44 bits per heavy atom. The van der Waals surface area contributed by atoms with Gasteiger partial charge in [0.2, 0.25) is 10.0 Å². The van der Waals surface area contributed by atoms with Crippen molar-refractivity contribution in [2.75, 3.05) is 6.54 Å². The quantitative estimate of drug-likeness (QED) is 0.785. The molecule has 102 valence electrons. The summed E-state index contributed by atoms with van der Waals surface area (Å²) in [5, 5.41) is -0.142. The van der Waals surface area contributed by atoms with Gasteiger partial charge in [-0.15, -0.1) is 0 Å². The fourth-order valence-electron chi connectivity index (χ4n) is 3.46. The van der Waals surface area contributed by atoms with Gasteiger partial charge in [-0.3, -0.25) is 4.79 Å². The average molecular weight is 271 g/mol. The predicted molar refractivity (Wildman–Crippen MR) is 68.6 cm³/mol. The molecule has 0 aromatic rings. The van der Waals surface area contributed by atoms with E-state index >= 15 is 0 Å². The molecule has 2 saturated carbocycles. The lowest BCUT2D eigenvalue weighted by Gasteiger charge is -2.32. The number of Topliss-reactive ketones (excluding diaryl/α,β-unsaturated/α-hetero) is 1. The van der Waals surface area contributed by atoms with Gasteiger partial charge in [-0.25, -0.2) is 8.42 Å². The Morgan fingerprint density at radius 2 is 1.78 bits per heavy atom. The minimum absolute atomic E-state index is 0.0187. The lowest BCUT2D eigenvalue weighted by molar-refractivity contribution is -0.126. The van der Waals surface area contributed by atoms with Crippen LogP contribution in [0.2, 0.25) is 0 Å². The van der Waals surface area contributed by atoms with Gasteiger partial charge in [0.1, 0.15) is 5.78 Å². The Bertz CT molecular complexity index is 441. The van der Waals surface area contributed by atoms with Crippen LogP contribution in [0.5, 0.6) is 0 Å². The molecule has 18 heavy (non-hydrogen) atoms. The standard InChI is InChI=1S/C13H21NO3S/c15-13-6-2-1-4-11(13)12-5-3-9-14(12)18(16,17)10-7-8-10/h10-12H,1-9H2/t11-,12-/m1/s1. The largest absolute Gasteiger partial charge is 0.299 e. The summed E-state index contributed by atoms with van der Waals surface area (Å²) in [6.07, 6.45) is 7.01. The van der Waals surface area contributed by atoms with E-state index in [0.29, 0.717) is 18.7 Å². The topological polar surface area (TPSA) is 54.5 Å². The normalized spacial score (nSPS) is 35.0. The summed E-state index contributed by atoms with van der Waals surface area (Å²) in [4.78, 5) is 12.0. The smallest absolute Gasteiger partial charge is 0.217 e. The van der Waals surface area contributed by atoms with Crippen LogP contribution in [0.1, 0.15) is 51.4 Å². The van der Waals surface area contributed by atoms with Gasteiger partial charge < -0.3 is 0 Å². The summed E-state index contributed by atoms with van der Waals surface area (Å²) in [5.41, 5.74) is 0. The Kier molecular flexibility index (Phi) is 3.22. The highest BCUT2D eigenvalue weighted by atomic mass is 32.2. The summed E-state index contributed by atoms with van der Waals surface area (Å²) in [6, 6.07) is -0.0246. The van der Waals surface area contributed by atoms with Gasteiger partial charge in [0.15, 0.2) is 0 Å². The van der Waals surface area contributed by atoms with Crippen molar-refractivity contribution in [3.05, 3.63) is 0 Å². The minimum Gasteiger partial charge on any atom is -0.299 e. The summed E-state index contributed by atoms with van der Waals surface area (Å²) in [5.74, 6) is 0.277. The van der Waals surface area contributed by atoms with Crippen LogP contribution in [-0.4, -0.2) is 36.3 Å². The number of nitrogens with zero attached hydrogens (tertiary/aromatic N) is 1. The molecule has 4 nitrogen and oxygen atoms in total. The predicted octanol–water partition coefficient (Wildman–Crippen LogP) is 1.70. The van der Waals surface area contributed by atoms with Gasteiger partial charge in [0, 0.05) is 24.9 Å². The van der Waals surface area contributed by atoms with E-state index in [2.05, 4.69) is 0 Å². The first-order valence-corrected chi connectivity index (χ1v) is 8.64. The Morgan fingerprint density at radius 1 is 1.00 bits per heavy atom. The average Bonchev–Trinajstić information content (AvgIpc) is 3.09. The van der Waals surface area contributed by atoms with Gasteiger partial charge in [-0.1, -0.05) is 6.42 Å². The SMILES string of the molecule is O=C1CCCC[C@@H]1[C@H]1CCCN1S(=O)(=O)C1CC1. The zero-order valence-electron chi connectivity index (χ0n) is 10.7. The molecular weight excluding hydrogens is 250 g/mol. The van der Waals surface area contributed by atoms with Crippen LogP contribution in [0, 0.1) is 5.92 Å². The van der Waals surface area contributed by atoms with Crippen molar-refractivity contribution >= 4 is 15.8 Å². The van der Waals surface area contributed by atoms with Gasteiger partial charge >= 0.3 is 0 Å². The second kappa shape index (κ2) is 4.60. The summed E-state index contributed by atoms with van der Waals surface area (Å²) >= 11 is 0. The van der Waals surface area contributed by atoms with Crippen molar-refractivity contribution in [2.45, 2.75) is 62.7 Å². The molecule has 0 aromatic heterocycles. The minimum atomic E-state index is -3.11. The lowest BCUT2D eigenvalue weighted by atomic mass is 9.82. The maximum Gasteiger partial charge on any atom is 0.217 e. The molecule has 1 aliphatic heterocycles. The molecule has 0 unspecified atom stereocenters. The zero-order valence-corrected chi connectivity index (χ0v) is 11.5. The fraction of sp³-hybridized carbons (Fsp3) is 0.923. The van der Waals surface area contributed by atoms with Crippen LogP contribution < -0.4 is 0 Å². The number of ketones is 1. The molecule has 3 aliphatic rings. The van der Waals surface area contributed by atoms with Crippen molar-refractivity contribution in [1.29, 1.82) is 0 Å². The molecule has 1 saturated heterocycles. The van der Waals surface area contributed by atoms with E-state index in [1.54, 1.807) is 4.31 Å². The van der Waals surface area contributed by atoms with Crippen LogP contribution >= 0.6 is 0 Å². The van der Waals surface area contributed by atoms with Crippen molar-refractivity contribution in [2.24, 2.45) is 5.92 Å². The van der Waals surface area contributed by atoms with Crippen molar-refractivity contribution in [3.63, 3.8) is 0 Å². The molecular formula is C13H21NO3S. The zero-order chi connectivity index (χ0) is 12.8. The van der Waals surface area contributed by atoms with Crippen LogP contribution in [0.3, 0.4) is 0 Å². The van der Waals surface area contributed by atoms with E-state index in [1.165, 1.54) is 0 Å². The van der Waals surface area contributed by atoms with Crippen LogP contribution in [-0.2, 0) is 14.8 Å². The molecule has 5 heteroatoms. The van der Waals surface area contributed by atoms with Crippen LogP contribution in [0.25, 0.3) is 0 Å². The fourth-order valence-corrected chi connectivity index (χ4v) is 5.59. The molecule has 0 radical (unpaired) electrons. The van der Waals surface area contributed by atoms with E-state index in [1.807, 2.05) is 0 Å². The number of carbonyl (C=O) groups excluding carboxylic acids is 1. The van der Waals surface area contributed by atoms with Crippen molar-refractivity contribution in [3.8, 4) is 0 Å². The molecule has 0 amide bonds. The second-order valence-electron chi connectivity index (χ2n) is 5.88. The summed E-state index contributed by atoms with van der Waals surface area (Å²) in [6.45, 7) is 0.632. The lowest BCUT2D eigenvalue weighted by Crippen LogP contribution is -2.44. The third kappa shape index (κ3) is 2.11. The Balaban J connectivity index is 1.80. The molecule has 1 heterocycles. The van der Waals surface area contributed by atoms with E-state index in [0.717, 1.165) is 44.9 Å². The molecule has 3 fully saturated rings. The third-order valence-corrected chi connectivity index (χ3v) is 7.01. The highest BCUT2D eigenvalue weighted by molar-refractivity contribution is 7.90. The summed E-state index contributed by atoms with van der Waals surface area (Å²) in [7, 11) is -3.11. The van der Waals surface area contributed by atoms with Crippen LogP contribution in [0.4, 0.5) is 0 Å². The monoisotopic (exact) mass is 271 g/mol. The Hall–Kier alpha value is -0.420. The first-order chi connectivity index (χ1) is 8.60. The number of rotatable bonds is 3. The van der Waals surface area contributed by atoms with Gasteiger partial charge in [-0.05, 0) is 38.5 Å². The van der Waals surface area contributed by atoms with Crippen LogP contribution in [0.15, 0.2) is 0 Å². The first-order valence-electron chi connectivity index (χ1n) is 7.14. The number of hydrogen-bond acceptors (Lipinski definition) is 3. The number of sulfonamides is 1. The van der Waals surface area contributed by atoms with Crippen molar-refractivity contribution < 1.29 is 13.2 Å². The third-order valence-electron chi connectivity index (χ3n) is 4.59. The molecule has 2 atom stereocenters. The van der Waals surface area contributed by atoms with Gasteiger partial charge in [0.25, 0.3) is 0 Å². The molecule has 2 aliphatic carbocycles. The highest BCUT2D eigenvalue weighted by Gasteiger charge is 2.47. The first kappa shape index (κ1) is 12.6. The maximum absolute atomic E-state index is 12.4. The van der Waals surface area contributed by atoms with E-state index in [-0.39, 0.29) is 17.2 Å². The second-order valence-corrected chi connectivity index (χ2v) is 8.05. The molecule has 0 bridgehead atoms. The van der Waals surface area contributed by atoms with E-state index in [9.17, 15) is 13.2 Å². The molecule has 3 rings (SSSR count). The number of carbonyl (C=O) groups is 1. The van der Waals surface area contributed by atoms with E-state index in [4.69, 9.17) is 0 Å². The molecule has 0 spiro atoms. The van der Waals surface area contributed by atoms with Gasteiger partial charge in [-0.2, -0.15) is 4.31 Å². The molecule has 0 N–H and O–H groups in total. The highest BCUT2D eigenvalue weighted by Crippen LogP contribution is 2.39. The number of hydrogen-bond donors (Lipinski definition) is 0.